The quantitative estimate of drug-likeness (QED) is 0.637. The summed E-state index contributed by atoms with van der Waals surface area (Å²) in [5, 5.41) is 5.14. The molecule has 7 heteroatoms. The van der Waals surface area contributed by atoms with Crippen molar-refractivity contribution in [2.75, 3.05) is 17.5 Å². The minimum absolute atomic E-state index is 0.0310. The zero-order valence-corrected chi connectivity index (χ0v) is 11.4. The summed E-state index contributed by atoms with van der Waals surface area (Å²) < 4.78 is 22.9. The van der Waals surface area contributed by atoms with Crippen molar-refractivity contribution in [1.29, 1.82) is 0 Å². The monoisotopic (exact) mass is 296 g/mol. The van der Waals surface area contributed by atoms with E-state index in [1.165, 1.54) is 0 Å². The first-order valence-corrected chi connectivity index (χ1v) is 7.57. The van der Waals surface area contributed by atoms with Crippen LogP contribution >= 0.6 is 23.2 Å². The molecule has 0 amide bonds. The van der Waals surface area contributed by atoms with E-state index in [0.717, 1.165) is 5.56 Å². The lowest BCUT2D eigenvalue weighted by Crippen LogP contribution is -2.17. The van der Waals surface area contributed by atoms with Crippen molar-refractivity contribution >= 4 is 38.9 Å². The number of nitrogen functional groups attached to an aromatic ring is 1. The molecule has 4 N–H and O–H groups in total. The third-order valence-electron chi connectivity index (χ3n) is 2.29. The highest BCUT2D eigenvalue weighted by molar-refractivity contribution is 7.89. The van der Waals surface area contributed by atoms with Crippen molar-refractivity contribution in [1.82, 2.24) is 0 Å². The number of benzene rings is 1. The summed E-state index contributed by atoms with van der Waals surface area (Å²) in [6.07, 6.45) is 1.01. The molecule has 0 unspecified atom stereocenters. The number of hydrogen-bond donors (Lipinski definition) is 2. The summed E-state index contributed by atoms with van der Waals surface area (Å²) in [6, 6.07) is 3.32. The number of halogens is 2. The van der Waals surface area contributed by atoms with Gasteiger partial charge in [-0.3, -0.25) is 0 Å². The van der Waals surface area contributed by atoms with Crippen LogP contribution in [0.5, 0.6) is 0 Å². The number of aryl methyl sites for hydroxylation is 2. The Morgan fingerprint density at radius 2 is 1.71 bits per heavy atom. The molecule has 17 heavy (non-hydrogen) atoms. The summed E-state index contributed by atoms with van der Waals surface area (Å²) in [5.41, 5.74) is 7.30. The highest BCUT2D eigenvalue weighted by atomic mass is 35.5. The standard InChI is InChI=1S/C10H14Cl2N2O2S/c11-3-1-7-5-8(2-4-12)10(9(13)6-7)17(14,15)16/h5-6H,1-4,13H2,(H2,14,15,16). The summed E-state index contributed by atoms with van der Waals surface area (Å²) in [7, 11) is -3.83. The lowest BCUT2D eigenvalue weighted by molar-refractivity contribution is 0.597. The predicted octanol–water partition coefficient (Wildman–Crippen LogP) is 1.48. The van der Waals surface area contributed by atoms with Gasteiger partial charge in [0.1, 0.15) is 4.90 Å². The Morgan fingerprint density at radius 3 is 2.18 bits per heavy atom. The van der Waals surface area contributed by atoms with Gasteiger partial charge < -0.3 is 5.73 Å². The van der Waals surface area contributed by atoms with E-state index < -0.39 is 10.0 Å². The smallest absolute Gasteiger partial charge is 0.240 e. The fourth-order valence-electron chi connectivity index (χ4n) is 1.67. The Balaban J connectivity index is 3.38. The second-order valence-electron chi connectivity index (χ2n) is 3.60. The summed E-state index contributed by atoms with van der Waals surface area (Å²) in [5.74, 6) is 0.737. The minimum atomic E-state index is -3.83. The third kappa shape index (κ3) is 3.74. The van der Waals surface area contributed by atoms with E-state index >= 15 is 0 Å². The fraction of sp³-hybridized carbons (Fsp3) is 0.400. The Kier molecular flexibility index (Phi) is 5.06. The van der Waals surface area contributed by atoms with Crippen LogP contribution in [0.3, 0.4) is 0 Å². The van der Waals surface area contributed by atoms with E-state index in [2.05, 4.69) is 0 Å². The SMILES string of the molecule is Nc1cc(CCCl)cc(CCCl)c1S(N)(=O)=O. The topological polar surface area (TPSA) is 86.2 Å². The molecule has 0 heterocycles. The van der Waals surface area contributed by atoms with Crippen molar-refractivity contribution in [3.63, 3.8) is 0 Å². The molecule has 0 saturated heterocycles. The Morgan fingerprint density at radius 1 is 1.12 bits per heavy atom. The van der Waals surface area contributed by atoms with E-state index in [-0.39, 0.29) is 10.6 Å². The van der Waals surface area contributed by atoms with Crippen LogP contribution in [0.1, 0.15) is 11.1 Å². The minimum Gasteiger partial charge on any atom is -0.398 e. The van der Waals surface area contributed by atoms with Crippen LogP contribution in [0, 0.1) is 0 Å². The van der Waals surface area contributed by atoms with Crippen LogP contribution in [0.15, 0.2) is 17.0 Å². The van der Waals surface area contributed by atoms with Crippen LogP contribution in [0.2, 0.25) is 0 Å². The molecule has 96 valence electrons. The number of primary sulfonamides is 1. The maximum Gasteiger partial charge on any atom is 0.240 e. The van der Waals surface area contributed by atoms with E-state index in [0.29, 0.717) is 30.2 Å². The Hall–Kier alpha value is -0.490. The van der Waals surface area contributed by atoms with E-state index in [4.69, 9.17) is 34.1 Å². The first kappa shape index (κ1) is 14.6. The molecule has 0 aliphatic rings. The first-order valence-electron chi connectivity index (χ1n) is 4.96. The second-order valence-corrected chi connectivity index (χ2v) is 5.85. The number of rotatable bonds is 5. The van der Waals surface area contributed by atoms with E-state index in [1.54, 1.807) is 12.1 Å². The fourth-order valence-corrected chi connectivity index (χ4v) is 3.01. The first-order chi connectivity index (χ1) is 7.90. The molecule has 0 aliphatic heterocycles. The predicted molar refractivity (Wildman–Crippen MR) is 71.1 cm³/mol. The molecule has 0 atom stereocenters. The van der Waals surface area contributed by atoms with Crippen LogP contribution in [0.4, 0.5) is 5.69 Å². The molecule has 1 aromatic rings. The molecular formula is C10H14Cl2N2O2S. The maximum atomic E-state index is 11.4. The Labute approximate surface area is 111 Å². The number of sulfonamides is 1. The highest BCUT2D eigenvalue weighted by Crippen LogP contribution is 2.25. The number of hydrogen-bond acceptors (Lipinski definition) is 3. The van der Waals surface area contributed by atoms with Crippen LogP contribution in [0.25, 0.3) is 0 Å². The summed E-state index contributed by atoms with van der Waals surface area (Å²) >= 11 is 11.3. The Bertz CT molecular complexity index is 503. The van der Waals surface area contributed by atoms with Gasteiger partial charge in [0.2, 0.25) is 10.0 Å². The lowest BCUT2D eigenvalue weighted by Gasteiger charge is -2.12. The molecule has 1 rings (SSSR count). The molecule has 0 aliphatic carbocycles. The van der Waals surface area contributed by atoms with Crippen molar-refractivity contribution in [3.05, 3.63) is 23.3 Å². The van der Waals surface area contributed by atoms with Gasteiger partial charge in [-0.25, -0.2) is 13.6 Å². The van der Waals surface area contributed by atoms with E-state index in [9.17, 15) is 8.42 Å². The lowest BCUT2D eigenvalue weighted by atomic mass is 10.1. The largest absolute Gasteiger partial charge is 0.398 e. The number of nitrogens with two attached hydrogens (primary N) is 2. The van der Waals surface area contributed by atoms with Crippen LogP contribution < -0.4 is 10.9 Å². The van der Waals surface area contributed by atoms with Gasteiger partial charge in [-0.05, 0) is 30.0 Å². The number of alkyl halides is 2. The zero-order valence-electron chi connectivity index (χ0n) is 9.12. The van der Waals surface area contributed by atoms with Gasteiger partial charge in [0.25, 0.3) is 0 Å². The molecular weight excluding hydrogens is 283 g/mol. The second kappa shape index (κ2) is 5.91. The summed E-state index contributed by atoms with van der Waals surface area (Å²) in [6.45, 7) is 0. The molecule has 4 nitrogen and oxygen atoms in total. The summed E-state index contributed by atoms with van der Waals surface area (Å²) in [4.78, 5) is -0.0310. The normalized spacial score (nSPS) is 11.7. The van der Waals surface area contributed by atoms with Crippen molar-refractivity contribution in [2.24, 2.45) is 5.14 Å². The van der Waals surface area contributed by atoms with Gasteiger partial charge in [0.15, 0.2) is 0 Å². The molecule has 0 aromatic heterocycles. The van der Waals surface area contributed by atoms with Crippen LogP contribution in [-0.2, 0) is 22.9 Å². The van der Waals surface area contributed by atoms with Crippen molar-refractivity contribution in [3.8, 4) is 0 Å². The van der Waals surface area contributed by atoms with Crippen molar-refractivity contribution < 1.29 is 8.42 Å². The average molecular weight is 297 g/mol. The molecule has 1 aromatic carbocycles. The average Bonchev–Trinajstić information content (AvgIpc) is 2.15. The van der Waals surface area contributed by atoms with Gasteiger partial charge in [0.05, 0.1) is 5.69 Å². The van der Waals surface area contributed by atoms with Gasteiger partial charge >= 0.3 is 0 Å². The third-order valence-corrected chi connectivity index (χ3v) is 3.73. The maximum absolute atomic E-state index is 11.4. The molecule has 0 radical (unpaired) electrons. The van der Waals surface area contributed by atoms with Gasteiger partial charge in [0, 0.05) is 11.8 Å². The molecule has 0 saturated carbocycles. The van der Waals surface area contributed by atoms with Crippen LogP contribution in [-0.4, -0.2) is 20.2 Å². The van der Waals surface area contributed by atoms with Gasteiger partial charge in [-0.15, -0.1) is 23.2 Å². The van der Waals surface area contributed by atoms with Gasteiger partial charge in [-0.2, -0.15) is 0 Å². The van der Waals surface area contributed by atoms with Gasteiger partial charge in [-0.1, -0.05) is 6.07 Å². The zero-order chi connectivity index (χ0) is 13.1. The molecule has 0 fully saturated rings. The highest BCUT2D eigenvalue weighted by Gasteiger charge is 2.18. The van der Waals surface area contributed by atoms with E-state index in [1.807, 2.05) is 0 Å². The molecule has 0 bridgehead atoms. The number of anilines is 1. The molecule has 0 spiro atoms. The van der Waals surface area contributed by atoms with Crippen molar-refractivity contribution in [2.45, 2.75) is 17.7 Å².